The van der Waals surface area contributed by atoms with Crippen LogP contribution in [0, 0.1) is 0 Å². The number of pyridine rings is 1. The molecular formula is C23H24BrN3O5S. The fraction of sp³-hybridized carbons (Fsp3) is 0.391. The van der Waals surface area contributed by atoms with Crippen LogP contribution < -0.4 is 0 Å². The number of ether oxygens (including phenoxy) is 2. The Hall–Kier alpha value is -2.43. The molecule has 33 heavy (non-hydrogen) atoms. The van der Waals surface area contributed by atoms with Gasteiger partial charge < -0.3 is 14.4 Å². The first kappa shape index (κ1) is 22.4. The van der Waals surface area contributed by atoms with Crippen LogP contribution in [0.4, 0.5) is 4.79 Å². The molecule has 4 heterocycles. The number of halogens is 1. The van der Waals surface area contributed by atoms with Gasteiger partial charge in [0.2, 0.25) is 0 Å². The number of hydrogen-bond acceptors (Lipinski definition) is 6. The first-order valence-electron chi connectivity index (χ1n) is 10.6. The van der Waals surface area contributed by atoms with Gasteiger partial charge in [-0.1, -0.05) is 18.2 Å². The second-order valence-corrected chi connectivity index (χ2v) is 12.1. The Labute approximate surface area is 200 Å². The molecule has 5 rings (SSSR count). The van der Waals surface area contributed by atoms with Crippen LogP contribution in [0.1, 0.15) is 38.3 Å². The van der Waals surface area contributed by atoms with Crippen LogP contribution in [0.5, 0.6) is 0 Å². The van der Waals surface area contributed by atoms with E-state index in [0.29, 0.717) is 41.6 Å². The van der Waals surface area contributed by atoms with E-state index in [1.54, 1.807) is 41.4 Å². The van der Waals surface area contributed by atoms with Crippen molar-refractivity contribution >= 4 is 43.1 Å². The molecule has 0 aliphatic carbocycles. The lowest BCUT2D eigenvalue weighted by Crippen LogP contribution is -2.38. The maximum absolute atomic E-state index is 13.3. The van der Waals surface area contributed by atoms with E-state index in [0.717, 1.165) is 11.1 Å². The fourth-order valence-corrected chi connectivity index (χ4v) is 6.61. The number of nitrogens with zero attached hydrogens (tertiary/aromatic N) is 3. The number of hydrogen-bond donors (Lipinski definition) is 0. The molecule has 0 bridgehead atoms. The predicted molar refractivity (Wildman–Crippen MR) is 125 cm³/mol. The Bertz CT molecular complexity index is 1360. The van der Waals surface area contributed by atoms with Gasteiger partial charge in [-0.3, -0.25) is 0 Å². The minimum absolute atomic E-state index is 0.180. The SMILES string of the molecule is CC(C)(C)OC(=O)N1CCC2(C1)OCc1cnc3c(c(Br)cn3S(=O)(=O)c3ccccc3)c12. The van der Waals surface area contributed by atoms with Crippen LogP contribution in [-0.4, -0.2) is 47.1 Å². The Kier molecular flexibility index (Phi) is 5.11. The van der Waals surface area contributed by atoms with Crippen LogP contribution in [0.15, 0.2) is 52.1 Å². The molecule has 0 N–H and O–H groups in total. The standard InChI is InChI=1S/C23H24BrN3O5S/c1-22(2,3)32-21(28)26-10-9-23(14-26)19-15(13-31-23)11-25-20-18(19)17(24)12-27(20)33(29,30)16-7-5-4-6-8-16/h4-8,11-12H,9-10,13-14H2,1-3H3. The highest BCUT2D eigenvalue weighted by molar-refractivity contribution is 9.10. The van der Waals surface area contributed by atoms with Crippen molar-refractivity contribution in [2.24, 2.45) is 0 Å². The van der Waals surface area contributed by atoms with Gasteiger partial charge in [0.15, 0.2) is 5.65 Å². The van der Waals surface area contributed by atoms with Crippen molar-refractivity contribution in [2.45, 2.75) is 49.9 Å². The minimum atomic E-state index is -3.84. The van der Waals surface area contributed by atoms with Crippen LogP contribution in [0.3, 0.4) is 0 Å². The summed E-state index contributed by atoms with van der Waals surface area (Å²) < 4.78 is 40.3. The molecule has 1 unspecified atom stereocenters. The second-order valence-electron chi connectivity index (χ2n) is 9.38. The molecule has 8 nitrogen and oxygen atoms in total. The largest absolute Gasteiger partial charge is 0.444 e. The zero-order chi connectivity index (χ0) is 23.6. The van der Waals surface area contributed by atoms with Crippen molar-refractivity contribution in [2.75, 3.05) is 13.1 Å². The number of carbonyl (C=O) groups is 1. The molecule has 10 heteroatoms. The maximum Gasteiger partial charge on any atom is 0.410 e. The van der Waals surface area contributed by atoms with Crippen molar-refractivity contribution in [3.63, 3.8) is 0 Å². The molecule has 2 aliphatic rings. The zero-order valence-electron chi connectivity index (χ0n) is 18.5. The van der Waals surface area contributed by atoms with E-state index in [4.69, 9.17) is 9.47 Å². The lowest BCUT2D eigenvalue weighted by Gasteiger charge is -2.27. The van der Waals surface area contributed by atoms with Gasteiger partial charge in [0.1, 0.15) is 11.2 Å². The van der Waals surface area contributed by atoms with Crippen molar-refractivity contribution in [1.82, 2.24) is 13.9 Å². The van der Waals surface area contributed by atoms with Gasteiger partial charge in [0.05, 0.1) is 18.0 Å². The first-order chi connectivity index (χ1) is 15.5. The molecule has 174 valence electrons. The summed E-state index contributed by atoms with van der Waals surface area (Å²) in [4.78, 5) is 19.0. The number of aromatic nitrogens is 2. The molecule has 1 saturated heterocycles. The number of fused-ring (bicyclic) bond motifs is 4. The molecule has 1 spiro atoms. The van der Waals surface area contributed by atoms with Gasteiger partial charge in [0.25, 0.3) is 10.0 Å². The molecule has 1 aromatic carbocycles. The van der Waals surface area contributed by atoms with Crippen molar-refractivity contribution in [1.29, 1.82) is 0 Å². The summed E-state index contributed by atoms with van der Waals surface area (Å²) in [5, 5.41) is 0.690. The van der Waals surface area contributed by atoms with Gasteiger partial charge in [0, 0.05) is 46.3 Å². The van der Waals surface area contributed by atoms with E-state index in [-0.39, 0.29) is 11.0 Å². The fourth-order valence-electron chi connectivity index (χ4n) is 4.56. The zero-order valence-corrected chi connectivity index (χ0v) is 20.9. The molecule has 3 aromatic rings. The minimum Gasteiger partial charge on any atom is -0.444 e. The maximum atomic E-state index is 13.3. The number of benzene rings is 1. The summed E-state index contributed by atoms with van der Waals surface area (Å²) in [6, 6.07) is 8.26. The van der Waals surface area contributed by atoms with Crippen LogP contribution in [0.25, 0.3) is 11.0 Å². The Balaban J connectivity index is 1.59. The van der Waals surface area contributed by atoms with Gasteiger partial charge in [-0.2, -0.15) is 0 Å². The van der Waals surface area contributed by atoms with Gasteiger partial charge >= 0.3 is 6.09 Å². The number of likely N-dealkylation sites (tertiary alicyclic amines) is 1. The van der Waals surface area contributed by atoms with Crippen molar-refractivity contribution < 1.29 is 22.7 Å². The monoisotopic (exact) mass is 533 g/mol. The number of carbonyl (C=O) groups excluding carboxylic acids is 1. The molecule has 1 fully saturated rings. The molecule has 1 atom stereocenters. The van der Waals surface area contributed by atoms with E-state index in [2.05, 4.69) is 20.9 Å². The predicted octanol–water partition coefficient (Wildman–Crippen LogP) is 4.40. The van der Waals surface area contributed by atoms with Gasteiger partial charge in [-0.05, 0) is 48.8 Å². The quantitative estimate of drug-likeness (QED) is 0.484. The Morgan fingerprint density at radius 3 is 2.67 bits per heavy atom. The summed E-state index contributed by atoms with van der Waals surface area (Å²) in [7, 11) is -3.84. The summed E-state index contributed by atoms with van der Waals surface area (Å²) in [6.45, 7) is 6.67. The topological polar surface area (TPSA) is 90.7 Å². The lowest BCUT2D eigenvalue weighted by molar-refractivity contribution is -0.0321. The molecule has 1 amide bonds. The highest BCUT2D eigenvalue weighted by atomic mass is 79.9. The average molecular weight is 534 g/mol. The second kappa shape index (κ2) is 7.54. The Morgan fingerprint density at radius 1 is 1.24 bits per heavy atom. The molecule has 2 aromatic heterocycles. The number of amides is 1. The summed E-state index contributed by atoms with van der Waals surface area (Å²) in [5.74, 6) is 0. The smallest absolute Gasteiger partial charge is 0.410 e. The van der Waals surface area contributed by atoms with Crippen molar-refractivity contribution in [3.8, 4) is 0 Å². The highest BCUT2D eigenvalue weighted by Crippen LogP contribution is 2.48. The molecule has 0 saturated carbocycles. The summed E-state index contributed by atoms with van der Waals surface area (Å²) in [5.41, 5.74) is 0.769. The van der Waals surface area contributed by atoms with E-state index in [1.165, 1.54) is 10.2 Å². The Morgan fingerprint density at radius 2 is 1.97 bits per heavy atom. The van der Waals surface area contributed by atoms with Crippen LogP contribution in [-0.2, 0) is 31.7 Å². The lowest BCUT2D eigenvalue weighted by atomic mass is 9.90. The van der Waals surface area contributed by atoms with Crippen LogP contribution >= 0.6 is 15.9 Å². The highest BCUT2D eigenvalue weighted by Gasteiger charge is 2.49. The van der Waals surface area contributed by atoms with Crippen molar-refractivity contribution in [3.05, 3.63) is 58.3 Å². The molecule has 0 radical (unpaired) electrons. The number of rotatable bonds is 2. The van der Waals surface area contributed by atoms with Gasteiger partial charge in [-0.15, -0.1) is 0 Å². The van der Waals surface area contributed by atoms with E-state index in [1.807, 2.05) is 20.8 Å². The van der Waals surface area contributed by atoms with Crippen LogP contribution in [0.2, 0.25) is 0 Å². The first-order valence-corrected chi connectivity index (χ1v) is 12.9. The van der Waals surface area contributed by atoms with Gasteiger partial charge in [-0.25, -0.2) is 22.2 Å². The third kappa shape index (κ3) is 3.64. The molecule has 2 aliphatic heterocycles. The molecular weight excluding hydrogens is 510 g/mol. The average Bonchev–Trinajstić information content (AvgIpc) is 3.44. The summed E-state index contributed by atoms with van der Waals surface area (Å²) in [6.07, 6.45) is 3.41. The third-order valence-corrected chi connectivity index (χ3v) is 8.22. The van der Waals surface area contributed by atoms with E-state index < -0.39 is 21.2 Å². The normalized spacial score (nSPS) is 20.5. The third-order valence-electron chi connectivity index (χ3n) is 5.96. The summed E-state index contributed by atoms with van der Waals surface area (Å²) >= 11 is 3.56. The van der Waals surface area contributed by atoms with E-state index >= 15 is 0 Å². The van der Waals surface area contributed by atoms with E-state index in [9.17, 15) is 13.2 Å².